The first-order valence-corrected chi connectivity index (χ1v) is 5.98. The summed E-state index contributed by atoms with van der Waals surface area (Å²) in [6.45, 7) is 3.67. The Labute approximate surface area is 97.3 Å². The van der Waals surface area contributed by atoms with Gasteiger partial charge in [-0.25, -0.2) is 0 Å². The number of hydrogen-bond donors (Lipinski definition) is 1. The van der Waals surface area contributed by atoms with Crippen LogP contribution in [0.15, 0.2) is 36.4 Å². The van der Waals surface area contributed by atoms with Gasteiger partial charge in [-0.2, -0.15) is 0 Å². The topological polar surface area (TPSA) is 21.3 Å². The third kappa shape index (κ3) is 3.11. The van der Waals surface area contributed by atoms with Gasteiger partial charge in [0.1, 0.15) is 5.75 Å². The molecule has 0 radical (unpaired) electrons. The normalized spacial score (nSPS) is 15.6. The fraction of sp³-hybridized carbons (Fsp3) is 0.429. The molecule has 2 rings (SSSR count). The van der Waals surface area contributed by atoms with E-state index >= 15 is 0 Å². The highest BCUT2D eigenvalue weighted by atomic mass is 16.5. The van der Waals surface area contributed by atoms with Gasteiger partial charge in [-0.05, 0) is 37.5 Å². The summed E-state index contributed by atoms with van der Waals surface area (Å²) < 4.78 is 5.41. The first-order chi connectivity index (χ1) is 7.88. The molecule has 1 aliphatic rings. The van der Waals surface area contributed by atoms with Crippen molar-refractivity contribution >= 4 is 0 Å². The lowest BCUT2D eigenvalue weighted by Crippen LogP contribution is -2.25. The van der Waals surface area contributed by atoms with Gasteiger partial charge in [0.25, 0.3) is 0 Å². The number of hydrogen-bond acceptors (Lipinski definition) is 2. The molecule has 0 saturated heterocycles. The molecule has 2 heteroatoms. The molecule has 1 aliphatic carbocycles. The van der Waals surface area contributed by atoms with Crippen LogP contribution in [0.3, 0.4) is 0 Å². The van der Waals surface area contributed by atoms with Crippen molar-refractivity contribution in [1.82, 2.24) is 5.32 Å². The Kier molecular flexibility index (Phi) is 4.00. The van der Waals surface area contributed by atoms with Gasteiger partial charge < -0.3 is 10.1 Å². The fourth-order valence-electron chi connectivity index (χ4n) is 1.92. The zero-order chi connectivity index (χ0) is 11.2. The average Bonchev–Trinajstić information content (AvgIpc) is 2.82. The van der Waals surface area contributed by atoms with E-state index in [-0.39, 0.29) is 0 Å². The second-order valence-corrected chi connectivity index (χ2v) is 4.10. The van der Waals surface area contributed by atoms with Crippen LogP contribution in [0.2, 0.25) is 0 Å². The van der Waals surface area contributed by atoms with Crippen molar-refractivity contribution in [2.45, 2.75) is 32.4 Å². The number of rotatable bonds is 5. The van der Waals surface area contributed by atoms with Gasteiger partial charge in [0.05, 0.1) is 6.61 Å². The van der Waals surface area contributed by atoms with Gasteiger partial charge in [-0.3, -0.25) is 0 Å². The molecule has 1 aromatic carbocycles. The number of ether oxygens (including phenoxy) is 1. The molecule has 0 unspecified atom stereocenters. The molecule has 0 saturated carbocycles. The van der Waals surface area contributed by atoms with E-state index in [1.807, 2.05) is 19.1 Å². The van der Waals surface area contributed by atoms with Gasteiger partial charge in [-0.15, -0.1) is 0 Å². The van der Waals surface area contributed by atoms with Gasteiger partial charge in [0.2, 0.25) is 0 Å². The van der Waals surface area contributed by atoms with E-state index in [4.69, 9.17) is 4.74 Å². The minimum Gasteiger partial charge on any atom is -0.494 e. The quantitative estimate of drug-likeness (QED) is 0.766. The lowest BCUT2D eigenvalue weighted by molar-refractivity contribution is 0.340. The predicted molar refractivity (Wildman–Crippen MR) is 66.6 cm³/mol. The number of benzene rings is 1. The van der Waals surface area contributed by atoms with Crippen LogP contribution in [0.4, 0.5) is 0 Å². The second-order valence-electron chi connectivity index (χ2n) is 4.10. The molecule has 0 aliphatic heterocycles. The van der Waals surface area contributed by atoms with Crippen molar-refractivity contribution in [2.75, 3.05) is 6.61 Å². The zero-order valence-electron chi connectivity index (χ0n) is 9.78. The Morgan fingerprint density at radius 1 is 1.19 bits per heavy atom. The van der Waals surface area contributed by atoms with E-state index < -0.39 is 0 Å². The van der Waals surface area contributed by atoms with Crippen molar-refractivity contribution in [3.05, 3.63) is 42.0 Å². The standard InChI is InChI=1S/C14H19NO/c1-2-16-14-9-7-12(8-10-14)11-15-13-5-3-4-6-13/h3-4,7-10,13,15H,2,5-6,11H2,1H3. The highest BCUT2D eigenvalue weighted by Gasteiger charge is 2.08. The van der Waals surface area contributed by atoms with Crippen LogP contribution in [0, 0.1) is 0 Å². The lowest BCUT2D eigenvalue weighted by Gasteiger charge is -2.12. The summed E-state index contributed by atoms with van der Waals surface area (Å²) in [6, 6.07) is 8.95. The van der Waals surface area contributed by atoms with Crippen molar-refractivity contribution < 1.29 is 4.74 Å². The smallest absolute Gasteiger partial charge is 0.119 e. The molecule has 0 amide bonds. The Bertz CT molecular complexity index is 334. The minimum atomic E-state index is 0.631. The van der Waals surface area contributed by atoms with E-state index in [9.17, 15) is 0 Å². The first kappa shape index (κ1) is 11.2. The minimum absolute atomic E-state index is 0.631. The molecule has 86 valence electrons. The summed E-state index contributed by atoms with van der Waals surface area (Å²) in [6.07, 6.45) is 6.82. The molecule has 0 spiro atoms. The van der Waals surface area contributed by atoms with E-state index in [2.05, 4.69) is 29.6 Å². The maximum atomic E-state index is 5.41. The second kappa shape index (κ2) is 5.71. The van der Waals surface area contributed by atoms with Crippen LogP contribution in [0.1, 0.15) is 25.3 Å². The van der Waals surface area contributed by atoms with Crippen LogP contribution in [0.5, 0.6) is 5.75 Å². The molecular formula is C14H19NO. The Balaban J connectivity index is 1.80. The predicted octanol–water partition coefficient (Wildman–Crippen LogP) is 2.89. The maximum absolute atomic E-state index is 5.41. The number of nitrogens with one attached hydrogen (secondary N) is 1. The Hall–Kier alpha value is -1.28. The average molecular weight is 217 g/mol. The van der Waals surface area contributed by atoms with Gasteiger partial charge in [0.15, 0.2) is 0 Å². The third-order valence-electron chi connectivity index (χ3n) is 2.84. The van der Waals surface area contributed by atoms with Crippen LogP contribution < -0.4 is 10.1 Å². The largest absolute Gasteiger partial charge is 0.494 e. The highest BCUT2D eigenvalue weighted by Crippen LogP contribution is 2.13. The van der Waals surface area contributed by atoms with Crippen molar-refractivity contribution in [3.63, 3.8) is 0 Å². The molecule has 0 heterocycles. The van der Waals surface area contributed by atoms with Crippen LogP contribution >= 0.6 is 0 Å². The summed E-state index contributed by atoms with van der Waals surface area (Å²) in [5.41, 5.74) is 1.32. The molecule has 1 aromatic rings. The van der Waals surface area contributed by atoms with E-state index in [1.54, 1.807) is 0 Å². The molecule has 0 aromatic heterocycles. The Morgan fingerprint density at radius 3 is 2.50 bits per heavy atom. The Morgan fingerprint density at radius 2 is 1.88 bits per heavy atom. The maximum Gasteiger partial charge on any atom is 0.119 e. The van der Waals surface area contributed by atoms with E-state index in [0.29, 0.717) is 6.04 Å². The van der Waals surface area contributed by atoms with Crippen molar-refractivity contribution in [3.8, 4) is 5.75 Å². The van der Waals surface area contributed by atoms with Crippen LogP contribution in [0.25, 0.3) is 0 Å². The fourth-order valence-corrected chi connectivity index (χ4v) is 1.92. The molecular weight excluding hydrogens is 198 g/mol. The lowest BCUT2D eigenvalue weighted by atomic mass is 10.2. The SMILES string of the molecule is CCOc1ccc(CNC2CC=CC2)cc1. The van der Waals surface area contributed by atoms with Gasteiger partial charge in [-0.1, -0.05) is 24.3 Å². The summed E-state index contributed by atoms with van der Waals surface area (Å²) in [4.78, 5) is 0. The highest BCUT2D eigenvalue weighted by molar-refractivity contribution is 5.27. The molecule has 0 atom stereocenters. The summed E-state index contributed by atoms with van der Waals surface area (Å²) in [5.74, 6) is 0.953. The summed E-state index contributed by atoms with van der Waals surface area (Å²) in [7, 11) is 0. The molecule has 2 nitrogen and oxygen atoms in total. The first-order valence-electron chi connectivity index (χ1n) is 5.98. The van der Waals surface area contributed by atoms with Crippen LogP contribution in [-0.4, -0.2) is 12.6 Å². The molecule has 1 N–H and O–H groups in total. The van der Waals surface area contributed by atoms with E-state index in [0.717, 1.165) is 31.7 Å². The zero-order valence-corrected chi connectivity index (χ0v) is 9.78. The summed E-state index contributed by atoms with van der Waals surface area (Å²) >= 11 is 0. The summed E-state index contributed by atoms with van der Waals surface area (Å²) in [5, 5.41) is 3.55. The van der Waals surface area contributed by atoms with Gasteiger partial charge in [0, 0.05) is 12.6 Å². The molecule has 0 fully saturated rings. The van der Waals surface area contributed by atoms with Crippen LogP contribution in [-0.2, 0) is 6.54 Å². The van der Waals surface area contributed by atoms with Gasteiger partial charge >= 0.3 is 0 Å². The molecule has 0 bridgehead atoms. The molecule has 16 heavy (non-hydrogen) atoms. The third-order valence-corrected chi connectivity index (χ3v) is 2.84. The van der Waals surface area contributed by atoms with E-state index in [1.165, 1.54) is 5.56 Å². The van der Waals surface area contributed by atoms with Crippen molar-refractivity contribution in [2.24, 2.45) is 0 Å². The monoisotopic (exact) mass is 217 g/mol. The van der Waals surface area contributed by atoms with Crippen molar-refractivity contribution in [1.29, 1.82) is 0 Å².